The number of anilines is 2. The summed E-state index contributed by atoms with van der Waals surface area (Å²) < 4.78 is 46.5. The summed E-state index contributed by atoms with van der Waals surface area (Å²) in [4.78, 5) is 29.4. The van der Waals surface area contributed by atoms with Crippen molar-refractivity contribution in [2.24, 2.45) is 0 Å². The van der Waals surface area contributed by atoms with Crippen LogP contribution in [0, 0.1) is 0 Å². The zero-order chi connectivity index (χ0) is 22.9. The Hall–Kier alpha value is -2.72. The lowest BCUT2D eigenvalue weighted by Crippen LogP contribution is -2.22. The maximum Gasteiger partial charge on any atom is 0.416 e. The number of aromatic carboxylic acids is 1. The van der Waals surface area contributed by atoms with Crippen molar-refractivity contribution in [2.45, 2.75) is 25.1 Å². The van der Waals surface area contributed by atoms with Crippen molar-refractivity contribution in [1.29, 1.82) is 0 Å². The van der Waals surface area contributed by atoms with E-state index < -0.39 is 28.8 Å². The first kappa shape index (κ1) is 23.0. The van der Waals surface area contributed by atoms with Crippen LogP contribution < -0.4 is 10.3 Å². The molecule has 31 heavy (non-hydrogen) atoms. The number of pyridine rings is 1. The van der Waals surface area contributed by atoms with Crippen LogP contribution in [0.2, 0.25) is 5.15 Å². The first-order chi connectivity index (χ1) is 14.6. The summed E-state index contributed by atoms with van der Waals surface area (Å²) in [5.74, 6) is -0.831. The third-order valence-corrected chi connectivity index (χ3v) is 5.33. The molecule has 0 unspecified atom stereocenters. The van der Waals surface area contributed by atoms with E-state index in [9.17, 15) is 27.9 Å². The largest absolute Gasteiger partial charge is 0.476 e. The molecule has 0 bridgehead atoms. The topological polar surface area (TPSA) is 83.6 Å². The molecule has 1 aromatic carbocycles. The van der Waals surface area contributed by atoms with Crippen molar-refractivity contribution in [2.75, 3.05) is 17.2 Å². The number of alkyl halides is 3. The smallest absolute Gasteiger partial charge is 0.416 e. The molecule has 1 N–H and O–H groups in total. The first-order valence-electron chi connectivity index (χ1n) is 9.06. The van der Waals surface area contributed by atoms with Crippen LogP contribution in [0.15, 0.2) is 44.6 Å². The van der Waals surface area contributed by atoms with E-state index in [1.54, 1.807) is 6.92 Å². The van der Waals surface area contributed by atoms with Crippen molar-refractivity contribution in [3.05, 3.63) is 57.0 Å². The number of rotatable bonds is 6. The Bertz CT molecular complexity index is 1210. The lowest BCUT2D eigenvalue weighted by Gasteiger charge is -2.26. The monoisotopic (exact) mass is 472 g/mol. The van der Waals surface area contributed by atoms with Crippen molar-refractivity contribution in [1.82, 2.24) is 4.98 Å². The van der Waals surface area contributed by atoms with E-state index in [-0.39, 0.29) is 39.1 Å². The van der Waals surface area contributed by atoms with E-state index in [1.807, 2.05) is 6.92 Å². The molecule has 0 saturated heterocycles. The Morgan fingerprint density at radius 2 is 1.94 bits per heavy atom. The second-order valence-corrected chi connectivity index (χ2v) is 7.94. The Balaban J connectivity index is 2.40. The summed E-state index contributed by atoms with van der Waals surface area (Å²) in [6, 6.07) is 5.38. The lowest BCUT2D eigenvalue weighted by molar-refractivity contribution is -0.137. The molecule has 0 saturated carbocycles. The number of carboxylic acid groups (broad SMARTS) is 1. The summed E-state index contributed by atoms with van der Waals surface area (Å²) in [7, 11) is 0. The van der Waals surface area contributed by atoms with Gasteiger partial charge in [0.15, 0.2) is 21.8 Å². The minimum Gasteiger partial charge on any atom is -0.476 e. The average molecular weight is 473 g/mol. The molecule has 3 aromatic rings. The van der Waals surface area contributed by atoms with Gasteiger partial charge in [0.2, 0.25) is 0 Å². The van der Waals surface area contributed by atoms with E-state index >= 15 is 0 Å². The SMILES string of the molecule is CCSc1cc(=O)c2cc(C(F)(F)F)cc(N(CC)c3ccc(Cl)nc3C(=O)O)c2o1. The fourth-order valence-electron chi connectivity index (χ4n) is 3.07. The number of nitrogens with zero attached hydrogens (tertiary/aromatic N) is 2. The second kappa shape index (κ2) is 8.80. The molecule has 11 heteroatoms. The average Bonchev–Trinajstić information content (AvgIpc) is 2.69. The second-order valence-electron chi connectivity index (χ2n) is 6.28. The van der Waals surface area contributed by atoms with Gasteiger partial charge in [-0.25, -0.2) is 9.78 Å². The summed E-state index contributed by atoms with van der Waals surface area (Å²) in [5.41, 5.74) is -2.31. The van der Waals surface area contributed by atoms with Crippen LogP contribution >= 0.6 is 23.4 Å². The number of aromatic nitrogens is 1. The lowest BCUT2D eigenvalue weighted by atomic mass is 10.1. The van der Waals surface area contributed by atoms with Gasteiger partial charge in [0, 0.05) is 12.6 Å². The Kier molecular flexibility index (Phi) is 6.51. The van der Waals surface area contributed by atoms with Gasteiger partial charge in [-0.15, -0.1) is 0 Å². The standard InChI is InChI=1S/C20H16ClF3N2O4S/c1-3-26(12-5-6-15(21)25-17(12)19(28)29)13-8-10(20(22,23)24)7-11-14(27)9-16(31-4-2)30-18(11)13/h5-9H,3-4H2,1-2H3,(H,28,29). The van der Waals surface area contributed by atoms with Gasteiger partial charge >= 0.3 is 12.1 Å². The van der Waals surface area contributed by atoms with Crippen molar-refractivity contribution < 1.29 is 27.5 Å². The molecule has 2 aromatic heterocycles. The molecule has 0 radical (unpaired) electrons. The number of fused-ring (bicyclic) bond motifs is 1. The zero-order valence-electron chi connectivity index (χ0n) is 16.3. The number of thioether (sulfide) groups is 1. The van der Waals surface area contributed by atoms with Gasteiger partial charge in [-0.3, -0.25) is 4.79 Å². The minimum atomic E-state index is -4.74. The summed E-state index contributed by atoms with van der Waals surface area (Å²) in [6.45, 7) is 3.52. The van der Waals surface area contributed by atoms with E-state index in [4.69, 9.17) is 16.0 Å². The molecule has 3 rings (SSSR count). The van der Waals surface area contributed by atoms with Crippen molar-refractivity contribution >= 4 is 51.7 Å². The molecule has 0 aliphatic heterocycles. The molecule has 0 amide bonds. The molecule has 0 atom stereocenters. The van der Waals surface area contributed by atoms with Crippen LogP contribution in [0.1, 0.15) is 29.9 Å². The van der Waals surface area contributed by atoms with E-state index in [0.29, 0.717) is 5.75 Å². The number of halogens is 4. The highest BCUT2D eigenvalue weighted by molar-refractivity contribution is 7.99. The van der Waals surface area contributed by atoms with E-state index in [2.05, 4.69) is 4.98 Å². The fourth-order valence-corrected chi connectivity index (χ4v) is 3.83. The van der Waals surface area contributed by atoms with E-state index in [0.717, 1.165) is 18.2 Å². The van der Waals surface area contributed by atoms with Gasteiger partial charge in [0.05, 0.1) is 22.3 Å². The molecule has 0 aliphatic rings. The Labute approximate surface area is 183 Å². The number of benzene rings is 1. The Morgan fingerprint density at radius 3 is 2.52 bits per heavy atom. The van der Waals surface area contributed by atoms with Crippen LogP contribution in [0.4, 0.5) is 24.5 Å². The van der Waals surface area contributed by atoms with Crippen LogP contribution in [0.5, 0.6) is 0 Å². The van der Waals surface area contributed by atoms with Crippen molar-refractivity contribution in [3.8, 4) is 0 Å². The summed E-state index contributed by atoms with van der Waals surface area (Å²) in [5, 5.41) is 9.43. The van der Waals surface area contributed by atoms with Gasteiger partial charge in [0.25, 0.3) is 0 Å². The van der Waals surface area contributed by atoms with Crippen molar-refractivity contribution in [3.63, 3.8) is 0 Å². The van der Waals surface area contributed by atoms with Gasteiger partial charge in [-0.05, 0) is 36.9 Å². The van der Waals surface area contributed by atoms with Crippen LogP contribution in [-0.2, 0) is 6.18 Å². The first-order valence-corrected chi connectivity index (χ1v) is 10.4. The molecule has 6 nitrogen and oxygen atoms in total. The number of carbonyl (C=O) groups is 1. The number of hydrogen-bond donors (Lipinski definition) is 1. The van der Waals surface area contributed by atoms with E-state index in [1.165, 1.54) is 28.8 Å². The Morgan fingerprint density at radius 1 is 1.23 bits per heavy atom. The number of hydrogen-bond acceptors (Lipinski definition) is 6. The third kappa shape index (κ3) is 4.64. The molecule has 0 spiro atoms. The predicted molar refractivity (Wildman–Crippen MR) is 113 cm³/mol. The van der Waals surface area contributed by atoms with Gasteiger partial charge < -0.3 is 14.4 Å². The summed E-state index contributed by atoms with van der Waals surface area (Å²) in [6.07, 6.45) is -4.74. The number of carboxylic acids is 1. The molecule has 164 valence electrons. The van der Waals surface area contributed by atoms with Crippen LogP contribution in [0.3, 0.4) is 0 Å². The normalized spacial score (nSPS) is 11.7. The van der Waals surface area contributed by atoms with Crippen LogP contribution in [-0.4, -0.2) is 28.4 Å². The molecular weight excluding hydrogens is 457 g/mol. The van der Waals surface area contributed by atoms with Gasteiger partial charge in [-0.1, -0.05) is 30.3 Å². The van der Waals surface area contributed by atoms with Gasteiger partial charge in [0.1, 0.15) is 5.15 Å². The summed E-state index contributed by atoms with van der Waals surface area (Å²) >= 11 is 7.02. The maximum absolute atomic E-state index is 13.6. The highest BCUT2D eigenvalue weighted by Gasteiger charge is 2.33. The highest BCUT2D eigenvalue weighted by atomic mass is 35.5. The molecule has 0 aliphatic carbocycles. The van der Waals surface area contributed by atoms with Gasteiger partial charge in [-0.2, -0.15) is 13.2 Å². The zero-order valence-corrected chi connectivity index (χ0v) is 17.9. The maximum atomic E-state index is 13.6. The van der Waals surface area contributed by atoms with Crippen LogP contribution in [0.25, 0.3) is 11.0 Å². The molecule has 0 fully saturated rings. The highest BCUT2D eigenvalue weighted by Crippen LogP contribution is 2.40. The molecule has 2 heterocycles. The molecular formula is C20H16ClF3N2O4S. The quantitative estimate of drug-likeness (QED) is 0.357. The fraction of sp³-hybridized carbons (Fsp3) is 0.250. The minimum absolute atomic E-state index is 0.0104. The predicted octanol–water partition coefficient (Wildman–Crippen LogP) is 5.83. The third-order valence-electron chi connectivity index (χ3n) is 4.34.